The van der Waals surface area contributed by atoms with Gasteiger partial charge in [0.2, 0.25) is 0 Å². The third-order valence-electron chi connectivity index (χ3n) is 2.58. The van der Waals surface area contributed by atoms with Gasteiger partial charge in [-0.25, -0.2) is 0 Å². The van der Waals surface area contributed by atoms with Crippen molar-refractivity contribution in [1.29, 1.82) is 0 Å². The minimum atomic E-state index is -0.105. The van der Waals surface area contributed by atoms with Crippen molar-refractivity contribution in [3.63, 3.8) is 0 Å². The van der Waals surface area contributed by atoms with Gasteiger partial charge in [-0.2, -0.15) is 0 Å². The van der Waals surface area contributed by atoms with E-state index in [9.17, 15) is 0 Å². The first kappa shape index (κ1) is 12.0. The second-order valence-corrected chi connectivity index (χ2v) is 4.21. The monoisotopic (exact) mass is 246 g/mol. The van der Waals surface area contributed by atoms with E-state index in [1.54, 1.807) is 0 Å². The lowest BCUT2D eigenvalue weighted by Gasteiger charge is -2.11. The fourth-order valence-corrected chi connectivity index (χ4v) is 2.01. The smallest absolute Gasteiger partial charge is 0.119 e. The van der Waals surface area contributed by atoms with Gasteiger partial charge >= 0.3 is 0 Å². The van der Waals surface area contributed by atoms with Crippen molar-refractivity contribution < 1.29 is 4.74 Å². The van der Waals surface area contributed by atoms with Crippen molar-refractivity contribution in [2.45, 2.75) is 12.3 Å². The van der Waals surface area contributed by atoms with Crippen LogP contribution in [0.1, 0.15) is 23.4 Å². The van der Waals surface area contributed by atoms with Crippen LogP contribution in [0.2, 0.25) is 0 Å². The lowest BCUT2D eigenvalue weighted by Crippen LogP contribution is -1.94. The third kappa shape index (κ3) is 3.01. The molecule has 2 rings (SSSR count). The SMILES string of the molecule is CCOc1ccc(C(Cl)c2ccccc2)cc1. The maximum Gasteiger partial charge on any atom is 0.119 e. The van der Waals surface area contributed by atoms with Crippen LogP contribution in [-0.4, -0.2) is 6.61 Å². The van der Waals surface area contributed by atoms with Crippen molar-refractivity contribution in [2.75, 3.05) is 6.61 Å². The number of hydrogen-bond acceptors (Lipinski definition) is 1. The Bertz CT molecular complexity index is 450. The molecule has 0 bridgehead atoms. The van der Waals surface area contributed by atoms with Gasteiger partial charge in [-0.3, -0.25) is 0 Å². The zero-order valence-corrected chi connectivity index (χ0v) is 10.5. The summed E-state index contributed by atoms with van der Waals surface area (Å²) in [4.78, 5) is 0. The summed E-state index contributed by atoms with van der Waals surface area (Å²) in [5.74, 6) is 0.883. The average molecular weight is 247 g/mol. The molecule has 0 spiro atoms. The van der Waals surface area contributed by atoms with Crippen LogP contribution in [0.5, 0.6) is 5.75 Å². The highest BCUT2D eigenvalue weighted by Gasteiger charge is 2.09. The minimum absolute atomic E-state index is 0.105. The molecule has 0 aliphatic heterocycles. The van der Waals surface area contributed by atoms with E-state index in [0.29, 0.717) is 6.61 Å². The molecule has 0 fully saturated rings. The molecule has 17 heavy (non-hydrogen) atoms. The van der Waals surface area contributed by atoms with Crippen LogP contribution >= 0.6 is 11.6 Å². The molecule has 0 saturated carbocycles. The summed E-state index contributed by atoms with van der Waals surface area (Å²) >= 11 is 6.42. The highest BCUT2D eigenvalue weighted by atomic mass is 35.5. The zero-order valence-electron chi connectivity index (χ0n) is 9.77. The van der Waals surface area contributed by atoms with Gasteiger partial charge in [0.1, 0.15) is 5.75 Å². The number of rotatable bonds is 4. The van der Waals surface area contributed by atoms with E-state index in [2.05, 4.69) is 0 Å². The van der Waals surface area contributed by atoms with Gasteiger partial charge < -0.3 is 4.74 Å². The van der Waals surface area contributed by atoms with E-state index in [0.717, 1.165) is 16.9 Å². The molecule has 0 N–H and O–H groups in total. The summed E-state index contributed by atoms with van der Waals surface area (Å²) in [6, 6.07) is 18.0. The molecule has 0 aromatic heterocycles. The summed E-state index contributed by atoms with van der Waals surface area (Å²) in [6.07, 6.45) is 0. The lowest BCUT2D eigenvalue weighted by atomic mass is 10.0. The molecular weight excluding hydrogens is 232 g/mol. The molecule has 0 radical (unpaired) electrons. The molecule has 1 unspecified atom stereocenters. The van der Waals surface area contributed by atoms with E-state index in [-0.39, 0.29) is 5.38 Å². The average Bonchev–Trinajstić information content (AvgIpc) is 2.40. The Morgan fingerprint density at radius 2 is 1.53 bits per heavy atom. The normalized spacial score (nSPS) is 12.1. The molecule has 88 valence electrons. The Morgan fingerprint density at radius 3 is 2.12 bits per heavy atom. The maximum absolute atomic E-state index is 6.42. The first-order valence-corrected chi connectivity index (χ1v) is 6.16. The maximum atomic E-state index is 6.42. The molecule has 2 heteroatoms. The Hall–Kier alpha value is -1.47. The predicted molar refractivity (Wildman–Crippen MR) is 71.7 cm³/mol. The number of benzene rings is 2. The summed E-state index contributed by atoms with van der Waals surface area (Å²) in [5.41, 5.74) is 2.19. The summed E-state index contributed by atoms with van der Waals surface area (Å²) < 4.78 is 5.40. The molecule has 1 atom stereocenters. The Kier molecular flexibility index (Phi) is 4.05. The van der Waals surface area contributed by atoms with E-state index in [1.165, 1.54) is 0 Å². The van der Waals surface area contributed by atoms with Crippen molar-refractivity contribution >= 4 is 11.6 Å². The molecule has 0 amide bonds. The van der Waals surface area contributed by atoms with Crippen molar-refractivity contribution in [3.05, 3.63) is 65.7 Å². The molecule has 2 aromatic carbocycles. The summed E-state index contributed by atoms with van der Waals surface area (Å²) in [5, 5.41) is -0.105. The summed E-state index contributed by atoms with van der Waals surface area (Å²) in [6.45, 7) is 2.66. The second-order valence-electron chi connectivity index (χ2n) is 3.78. The van der Waals surface area contributed by atoms with Crippen LogP contribution < -0.4 is 4.74 Å². The van der Waals surface area contributed by atoms with Gasteiger partial charge in [-0.15, -0.1) is 11.6 Å². The van der Waals surface area contributed by atoms with Crippen LogP contribution in [-0.2, 0) is 0 Å². The predicted octanol–water partition coefficient (Wildman–Crippen LogP) is 4.41. The summed E-state index contributed by atoms with van der Waals surface area (Å²) in [7, 11) is 0. The number of halogens is 1. The Labute approximate surface area is 107 Å². The third-order valence-corrected chi connectivity index (χ3v) is 3.08. The van der Waals surface area contributed by atoms with Crippen LogP contribution in [0.15, 0.2) is 54.6 Å². The van der Waals surface area contributed by atoms with Gasteiger partial charge in [0.15, 0.2) is 0 Å². The molecule has 0 aliphatic rings. The first-order valence-electron chi connectivity index (χ1n) is 5.73. The molecule has 0 aliphatic carbocycles. The van der Waals surface area contributed by atoms with Crippen molar-refractivity contribution in [1.82, 2.24) is 0 Å². The van der Waals surface area contributed by atoms with Gasteiger partial charge in [-0.05, 0) is 30.2 Å². The Morgan fingerprint density at radius 1 is 0.941 bits per heavy atom. The van der Waals surface area contributed by atoms with E-state index < -0.39 is 0 Å². The van der Waals surface area contributed by atoms with Gasteiger partial charge in [0.05, 0.1) is 12.0 Å². The fourth-order valence-electron chi connectivity index (χ4n) is 1.71. The lowest BCUT2D eigenvalue weighted by molar-refractivity contribution is 0.340. The molecule has 0 heterocycles. The van der Waals surface area contributed by atoms with Gasteiger partial charge in [0.25, 0.3) is 0 Å². The van der Waals surface area contributed by atoms with Crippen LogP contribution in [0.3, 0.4) is 0 Å². The minimum Gasteiger partial charge on any atom is -0.494 e. The van der Waals surface area contributed by atoms with Gasteiger partial charge in [-0.1, -0.05) is 42.5 Å². The van der Waals surface area contributed by atoms with Gasteiger partial charge in [0, 0.05) is 0 Å². The topological polar surface area (TPSA) is 9.23 Å². The molecule has 0 saturated heterocycles. The first-order chi connectivity index (χ1) is 8.31. The van der Waals surface area contributed by atoms with E-state index in [1.807, 2.05) is 61.5 Å². The standard InChI is InChI=1S/C15H15ClO/c1-2-17-14-10-8-13(9-11-14)15(16)12-6-4-3-5-7-12/h3-11,15H,2H2,1H3. The molecule has 1 nitrogen and oxygen atoms in total. The molecular formula is C15H15ClO. The Balaban J connectivity index is 2.17. The largest absolute Gasteiger partial charge is 0.494 e. The highest BCUT2D eigenvalue weighted by molar-refractivity contribution is 6.22. The van der Waals surface area contributed by atoms with Crippen LogP contribution in [0, 0.1) is 0 Å². The fraction of sp³-hybridized carbons (Fsp3) is 0.200. The highest BCUT2D eigenvalue weighted by Crippen LogP contribution is 2.29. The van der Waals surface area contributed by atoms with Crippen LogP contribution in [0.25, 0.3) is 0 Å². The van der Waals surface area contributed by atoms with Crippen LogP contribution in [0.4, 0.5) is 0 Å². The molecule has 2 aromatic rings. The number of ether oxygens (including phenoxy) is 1. The zero-order chi connectivity index (χ0) is 12.1. The van der Waals surface area contributed by atoms with Crippen molar-refractivity contribution in [2.24, 2.45) is 0 Å². The quantitative estimate of drug-likeness (QED) is 0.726. The van der Waals surface area contributed by atoms with E-state index >= 15 is 0 Å². The second kappa shape index (κ2) is 5.74. The van der Waals surface area contributed by atoms with Crippen molar-refractivity contribution in [3.8, 4) is 5.75 Å². The van der Waals surface area contributed by atoms with E-state index in [4.69, 9.17) is 16.3 Å². The number of hydrogen-bond donors (Lipinski definition) is 0. The number of alkyl halides is 1.